The molecule has 2 aliphatic rings. The summed E-state index contributed by atoms with van der Waals surface area (Å²) in [5.74, 6) is 5.77. The molecule has 2 saturated heterocycles. The minimum absolute atomic E-state index is 0.282. The van der Waals surface area contributed by atoms with Gasteiger partial charge in [-0.3, -0.25) is 16.2 Å². The van der Waals surface area contributed by atoms with Crippen molar-refractivity contribution in [3.05, 3.63) is 0 Å². The molecule has 0 aromatic rings. The maximum absolute atomic E-state index is 6.07. The normalized spacial score (nSPS) is 27.7. The summed E-state index contributed by atoms with van der Waals surface area (Å²) in [6.07, 6.45) is 13.6. The second-order valence-corrected chi connectivity index (χ2v) is 6.85. The number of hydrogen-bond acceptors (Lipinski definition) is 4. The van der Waals surface area contributed by atoms with Crippen molar-refractivity contribution in [1.29, 1.82) is 0 Å². The van der Waals surface area contributed by atoms with E-state index in [9.17, 15) is 0 Å². The van der Waals surface area contributed by atoms with Gasteiger partial charge in [-0.05, 0) is 25.8 Å². The molecule has 0 radical (unpaired) electrons. The van der Waals surface area contributed by atoms with Gasteiger partial charge in [0.25, 0.3) is 0 Å². The molecule has 3 atom stereocenters. The largest absolute Gasteiger partial charge is 0.374 e. The molecular formula is C17H35N3O. The number of fused-ring (bicyclic) bond motifs is 1. The number of nitrogens with one attached hydrogen (secondary N) is 1. The van der Waals surface area contributed by atoms with Crippen LogP contribution < -0.4 is 11.3 Å². The van der Waals surface area contributed by atoms with E-state index in [-0.39, 0.29) is 6.10 Å². The van der Waals surface area contributed by atoms with E-state index >= 15 is 0 Å². The molecule has 4 heteroatoms. The van der Waals surface area contributed by atoms with Gasteiger partial charge in [0.1, 0.15) is 0 Å². The van der Waals surface area contributed by atoms with Crippen LogP contribution in [0, 0.1) is 0 Å². The van der Waals surface area contributed by atoms with Crippen LogP contribution in [0.25, 0.3) is 0 Å². The van der Waals surface area contributed by atoms with Gasteiger partial charge in [-0.15, -0.1) is 0 Å². The van der Waals surface area contributed by atoms with Crippen molar-refractivity contribution in [2.24, 2.45) is 5.84 Å². The van der Waals surface area contributed by atoms with Gasteiger partial charge in [-0.1, -0.05) is 51.9 Å². The highest BCUT2D eigenvalue weighted by Crippen LogP contribution is 2.24. The molecule has 0 aromatic carbocycles. The van der Waals surface area contributed by atoms with E-state index in [2.05, 4.69) is 17.2 Å². The van der Waals surface area contributed by atoms with Crippen LogP contribution in [0.1, 0.15) is 71.1 Å². The molecule has 2 aliphatic heterocycles. The van der Waals surface area contributed by atoms with Crippen molar-refractivity contribution in [2.75, 3.05) is 19.7 Å². The van der Waals surface area contributed by atoms with Crippen LogP contribution in [0.15, 0.2) is 0 Å². The maximum Gasteiger partial charge on any atom is 0.0868 e. The van der Waals surface area contributed by atoms with Gasteiger partial charge in [0.05, 0.1) is 12.7 Å². The number of nitrogens with zero attached hydrogens (tertiary/aromatic N) is 1. The lowest BCUT2D eigenvalue weighted by atomic mass is 10.0. The first kappa shape index (κ1) is 17.2. The Bertz CT molecular complexity index is 275. The van der Waals surface area contributed by atoms with Crippen LogP contribution in [-0.4, -0.2) is 42.8 Å². The molecule has 0 amide bonds. The van der Waals surface area contributed by atoms with E-state index in [0.717, 1.165) is 19.6 Å². The van der Waals surface area contributed by atoms with E-state index in [1.54, 1.807) is 0 Å². The number of hydrogen-bond donors (Lipinski definition) is 2. The fourth-order valence-electron chi connectivity index (χ4n) is 3.78. The van der Waals surface area contributed by atoms with E-state index in [0.29, 0.717) is 12.1 Å². The van der Waals surface area contributed by atoms with E-state index in [4.69, 9.17) is 10.6 Å². The Hall–Kier alpha value is -0.160. The molecule has 21 heavy (non-hydrogen) atoms. The molecule has 4 nitrogen and oxygen atoms in total. The minimum Gasteiger partial charge on any atom is -0.374 e. The van der Waals surface area contributed by atoms with Gasteiger partial charge in [0.15, 0.2) is 0 Å². The summed E-state index contributed by atoms with van der Waals surface area (Å²) >= 11 is 0. The zero-order valence-corrected chi connectivity index (χ0v) is 13.9. The summed E-state index contributed by atoms with van der Waals surface area (Å²) in [6.45, 7) is 5.49. The van der Waals surface area contributed by atoms with Gasteiger partial charge in [-0.2, -0.15) is 0 Å². The van der Waals surface area contributed by atoms with Crippen molar-refractivity contribution < 1.29 is 4.74 Å². The Morgan fingerprint density at radius 3 is 2.71 bits per heavy atom. The standard InChI is InChI=1S/C17H35N3O/c1-2-3-4-5-6-7-8-11-16(19-18)17-13-20-12-9-10-15(20)14-21-17/h15-17,19H,2-14,18H2,1H3. The monoisotopic (exact) mass is 297 g/mol. The topological polar surface area (TPSA) is 50.5 Å². The van der Waals surface area contributed by atoms with Crippen molar-refractivity contribution in [2.45, 2.75) is 89.3 Å². The van der Waals surface area contributed by atoms with Crippen LogP contribution in [0.4, 0.5) is 0 Å². The molecule has 0 spiro atoms. The summed E-state index contributed by atoms with van der Waals surface area (Å²) in [4.78, 5) is 2.60. The summed E-state index contributed by atoms with van der Waals surface area (Å²) in [6, 6.07) is 1.00. The van der Waals surface area contributed by atoms with E-state index in [1.807, 2.05) is 0 Å². The number of hydrazine groups is 1. The highest BCUT2D eigenvalue weighted by molar-refractivity contribution is 4.89. The van der Waals surface area contributed by atoms with Crippen molar-refractivity contribution in [3.8, 4) is 0 Å². The van der Waals surface area contributed by atoms with Gasteiger partial charge >= 0.3 is 0 Å². The summed E-state index contributed by atoms with van der Waals surface area (Å²) < 4.78 is 6.07. The van der Waals surface area contributed by atoms with Crippen LogP contribution in [0.2, 0.25) is 0 Å². The number of morpholine rings is 1. The molecule has 3 N–H and O–H groups in total. The predicted octanol–water partition coefficient (Wildman–Crippen LogP) is 2.82. The summed E-state index contributed by atoms with van der Waals surface area (Å²) in [5, 5.41) is 0. The molecule has 0 aromatic heterocycles. The van der Waals surface area contributed by atoms with Crippen molar-refractivity contribution >= 4 is 0 Å². The van der Waals surface area contributed by atoms with Crippen molar-refractivity contribution in [1.82, 2.24) is 10.3 Å². The first-order valence-corrected chi connectivity index (χ1v) is 9.17. The highest BCUT2D eigenvalue weighted by Gasteiger charge is 2.35. The lowest BCUT2D eigenvalue weighted by Gasteiger charge is -2.38. The predicted molar refractivity (Wildman–Crippen MR) is 88.1 cm³/mol. The summed E-state index contributed by atoms with van der Waals surface area (Å²) in [5.41, 5.74) is 3.01. The Morgan fingerprint density at radius 2 is 1.95 bits per heavy atom. The molecule has 2 heterocycles. The first-order chi connectivity index (χ1) is 10.3. The molecule has 3 unspecified atom stereocenters. The first-order valence-electron chi connectivity index (χ1n) is 9.17. The third kappa shape index (κ3) is 5.51. The SMILES string of the molecule is CCCCCCCCCC(NN)C1CN2CCCC2CO1. The quantitative estimate of drug-likeness (QED) is 0.370. The molecule has 2 rings (SSSR count). The fraction of sp³-hybridized carbons (Fsp3) is 1.00. The fourth-order valence-corrected chi connectivity index (χ4v) is 3.78. The number of nitrogens with two attached hydrogens (primary N) is 1. The van der Waals surface area contributed by atoms with Gasteiger partial charge < -0.3 is 4.74 Å². The van der Waals surface area contributed by atoms with Gasteiger partial charge in [0.2, 0.25) is 0 Å². The van der Waals surface area contributed by atoms with Crippen LogP contribution in [-0.2, 0) is 4.74 Å². The third-order valence-corrected chi connectivity index (χ3v) is 5.20. The Morgan fingerprint density at radius 1 is 1.19 bits per heavy atom. The average Bonchev–Trinajstić information content (AvgIpc) is 2.97. The van der Waals surface area contributed by atoms with Gasteiger partial charge in [-0.25, -0.2) is 0 Å². The maximum atomic E-state index is 6.07. The Kier molecular flexibility index (Phi) is 8.01. The Balaban J connectivity index is 1.59. The number of unbranched alkanes of at least 4 members (excludes halogenated alkanes) is 6. The highest BCUT2D eigenvalue weighted by atomic mass is 16.5. The zero-order chi connectivity index (χ0) is 14.9. The Labute approximate surface area is 130 Å². The lowest BCUT2D eigenvalue weighted by Crippen LogP contribution is -2.55. The smallest absolute Gasteiger partial charge is 0.0868 e. The molecule has 0 bridgehead atoms. The van der Waals surface area contributed by atoms with E-state index in [1.165, 1.54) is 64.3 Å². The lowest BCUT2D eigenvalue weighted by molar-refractivity contribution is -0.0659. The van der Waals surface area contributed by atoms with Gasteiger partial charge in [0, 0.05) is 18.6 Å². The molecular weight excluding hydrogens is 262 g/mol. The molecule has 124 valence electrons. The molecule has 2 fully saturated rings. The van der Waals surface area contributed by atoms with E-state index < -0.39 is 0 Å². The minimum atomic E-state index is 0.282. The van der Waals surface area contributed by atoms with Crippen LogP contribution in [0.3, 0.4) is 0 Å². The van der Waals surface area contributed by atoms with Crippen LogP contribution >= 0.6 is 0 Å². The number of ether oxygens (including phenoxy) is 1. The average molecular weight is 297 g/mol. The number of rotatable bonds is 10. The van der Waals surface area contributed by atoms with Crippen LogP contribution in [0.5, 0.6) is 0 Å². The second-order valence-electron chi connectivity index (χ2n) is 6.85. The zero-order valence-electron chi connectivity index (χ0n) is 13.9. The second kappa shape index (κ2) is 9.78. The molecule has 0 aliphatic carbocycles. The molecule has 0 saturated carbocycles. The third-order valence-electron chi connectivity index (χ3n) is 5.20. The van der Waals surface area contributed by atoms with Crippen molar-refractivity contribution in [3.63, 3.8) is 0 Å². The summed E-state index contributed by atoms with van der Waals surface area (Å²) in [7, 11) is 0.